The highest BCUT2D eigenvalue weighted by atomic mass is 16.6. The van der Waals surface area contributed by atoms with E-state index in [2.05, 4.69) is 5.32 Å². The molecule has 0 bridgehead atoms. The van der Waals surface area contributed by atoms with E-state index in [1.54, 1.807) is 19.2 Å². The number of methoxy groups -OCH3 is 1. The first-order chi connectivity index (χ1) is 8.65. The van der Waals surface area contributed by atoms with Gasteiger partial charge in [-0.1, -0.05) is 6.07 Å². The average Bonchev–Trinajstić information content (AvgIpc) is 2.33. The van der Waals surface area contributed by atoms with Crippen molar-refractivity contribution >= 4 is 11.4 Å². The zero-order valence-electron chi connectivity index (χ0n) is 10.6. The van der Waals surface area contributed by atoms with Crippen molar-refractivity contribution in [3.63, 3.8) is 0 Å². The van der Waals surface area contributed by atoms with Crippen molar-refractivity contribution in [2.75, 3.05) is 38.8 Å². The third kappa shape index (κ3) is 4.68. The van der Waals surface area contributed by atoms with Crippen molar-refractivity contribution in [1.82, 2.24) is 0 Å². The van der Waals surface area contributed by atoms with Crippen molar-refractivity contribution in [3.8, 4) is 0 Å². The van der Waals surface area contributed by atoms with Crippen molar-refractivity contribution in [1.29, 1.82) is 0 Å². The number of nitro benzene ring substituents is 1. The highest BCUT2D eigenvalue weighted by Gasteiger charge is 2.12. The van der Waals surface area contributed by atoms with Crippen molar-refractivity contribution in [3.05, 3.63) is 33.9 Å². The zero-order chi connectivity index (χ0) is 13.4. The summed E-state index contributed by atoms with van der Waals surface area (Å²) in [5.74, 6) is 0. The first-order valence-electron chi connectivity index (χ1n) is 5.70. The molecule has 0 aromatic heterocycles. The van der Waals surface area contributed by atoms with Gasteiger partial charge in [0.1, 0.15) is 5.69 Å². The van der Waals surface area contributed by atoms with Crippen LogP contribution in [0.25, 0.3) is 0 Å². The Labute approximate surface area is 106 Å². The molecule has 0 atom stereocenters. The largest absolute Gasteiger partial charge is 0.382 e. The van der Waals surface area contributed by atoms with Crippen LogP contribution in [-0.4, -0.2) is 38.4 Å². The monoisotopic (exact) mass is 254 g/mol. The third-order valence-corrected chi connectivity index (χ3v) is 2.34. The molecule has 0 aliphatic carbocycles. The molecule has 0 saturated carbocycles. The van der Waals surface area contributed by atoms with Crippen LogP contribution in [-0.2, 0) is 9.47 Å². The van der Waals surface area contributed by atoms with E-state index in [1.165, 1.54) is 6.07 Å². The van der Waals surface area contributed by atoms with Gasteiger partial charge in [0.15, 0.2) is 0 Å². The minimum absolute atomic E-state index is 0.0810. The van der Waals surface area contributed by atoms with E-state index in [-0.39, 0.29) is 5.69 Å². The molecule has 100 valence electrons. The Kier molecular flexibility index (Phi) is 6.10. The fourth-order valence-corrected chi connectivity index (χ4v) is 1.45. The van der Waals surface area contributed by atoms with E-state index in [0.29, 0.717) is 32.1 Å². The lowest BCUT2D eigenvalue weighted by atomic mass is 10.2. The molecule has 0 saturated heterocycles. The van der Waals surface area contributed by atoms with Crippen LogP contribution in [0.5, 0.6) is 0 Å². The molecule has 0 radical (unpaired) electrons. The van der Waals surface area contributed by atoms with E-state index in [4.69, 9.17) is 9.47 Å². The van der Waals surface area contributed by atoms with Gasteiger partial charge in [0.2, 0.25) is 0 Å². The Bertz CT molecular complexity index is 396. The fraction of sp³-hybridized carbons (Fsp3) is 0.500. The second-order valence-electron chi connectivity index (χ2n) is 3.81. The number of anilines is 1. The predicted octanol–water partition coefficient (Wildman–Crippen LogP) is 1.98. The SMILES string of the molecule is COCCOCCNc1cc(C)ccc1[N+](=O)[O-]. The molecule has 0 unspecified atom stereocenters. The Balaban J connectivity index is 2.45. The van der Waals surface area contributed by atoms with E-state index in [0.717, 1.165) is 5.56 Å². The van der Waals surface area contributed by atoms with E-state index in [1.807, 2.05) is 6.92 Å². The summed E-state index contributed by atoms with van der Waals surface area (Å²) < 4.78 is 10.1. The van der Waals surface area contributed by atoms with Crippen LogP contribution in [0.3, 0.4) is 0 Å². The number of ether oxygens (including phenoxy) is 2. The van der Waals surface area contributed by atoms with Gasteiger partial charge in [-0.3, -0.25) is 10.1 Å². The van der Waals surface area contributed by atoms with Crippen LogP contribution in [0.1, 0.15) is 5.56 Å². The van der Waals surface area contributed by atoms with Gasteiger partial charge < -0.3 is 14.8 Å². The van der Waals surface area contributed by atoms with E-state index < -0.39 is 4.92 Å². The number of nitro groups is 1. The molecular formula is C12H18N2O4. The summed E-state index contributed by atoms with van der Waals surface area (Å²) in [7, 11) is 1.61. The normalized spacial score (nSPS) is 10.3. The van der Waals surface area contributed by atoms with Crippen LogP contribution in [0, 0.1) is 17.0 Å². The lowest BCUT2D eigenvalue weighted by Crippen LogP contribution is -2.12. The van der Waals surface area contributed by atoms with Crippen molar-refractivity contribution in [2.24, 2.45) is 0 Å². The van der Waals surface area contributed by atoms with Crippen molar-refractivity contribution in [2.45, 2.75) is 6.92 Å². The highest BCUT2D eigenvalue weighted by molar-refractivity contribution is 5.62. The molecule has 1 rings (SSSR count). The quantitative estimate of drug-likeness (QED) is 0.436. The van der Waals surface area contributed by atoms with E-state index in [9.17, 15) is 10.1 Å². The topological polar surface area (TPSA) is 73.6 Å². The zero-order valence-corrected chi connectivity index (χ0v) is 10.6. The second-order valence-corrected chi connectivity index (χ2v) is 3.81. The van der Waals surface area contributed by atoms with Crippen LogP contribution in [0.4, 0.5) is 11.4 Å². The van der Waals surface area contributed by atoms with Crippen molar-refractivity contribution < 1.29 is 14.4 Å². The molecule has 0 amide bonds. The van der Waals surface area contributed by atoms with Crippen LogP contribution in [0.2, 0.25) is 0 Å². The molecule has 0 aliphatic heterocycles. The molecule has 1 aromatic carbocycles. The lowest BCUT2D eigenvalue weighted by molar-refractivity contribution is -0.384. The first kappa shape index (κ1) is 14.4. The molecule has 0 spiro atoms. The van der Waals surface area contributed by atoms with Gasteiger partial charge in [-0.15, -0.1) is 0 Å². The maximum absolute atomic E-state index is 10.8. The summed E-state index contributed by atoms with van der Waals surface area (Å²) in [4.78, 5) is 10.4. The molecule has 0 aliphatic rings. The molecule has 0 fully saturated rings. The predicted molar refractivity (Wildman–Crippen MR) is 69.0 cm³/mol. The highest BCUT2D eigenvalue weighted by Crippen LogP contribution is 2.24. The number of nitrogens with zero attached hydrogens (tertiary/aromatic N) is 1. The van der Waals surface area contributed by atoms with Gasteiger partial charge in [0.05, 0.1) is 24.7 Å². The van der Waals surface area contributed by atoms with Gasteiger partial charge in [-0.25, -0.2) is 0 Å². The van der Waals surface area contributed by atoms with Gasteiger partial charge in [-0.05, 0) is 18.6 Å². The summed E-state index contributed by atoms with van der Waals surface area (Å²) in [6.45, 7) is 3.96. The fourth-order valence-electron chi connectivity index (χ4n) is 1.45. The smallest absolute Gasteiger partial charge is 0.292 e. The third-order valence-electron chi connectivity index (χ3n) is 2.34. The Morgan fingerprint density at radius 2 is 2.11 bits per heavy atom. The number of rotatable bonds is 8. The summed E-state index contributed by atoms with van der Waals surface area (Å²) in [5, 5.41) is 13.8. The summed E-state index contributed by atoms with van der Waals surface area (Å²) in [6, 6.07) is 4.98. The molecule has 1 aromatic rings. The van der Waals surface area contributed by atoms with Gasteiger partial charge in [0, 0.05) is 19.7 Å². The van der Waals surface area contributed by atoms with E-state index >= 15 is 0 Å². The minimum atomic E-state index is -0.395. The molecular weight excluding hydrogens is 236 g/mol. The summed E-state index contributed by atoms with van der Waals surface area (Å²) in [6.07, 6.45) is 0. The number of nitrogens with one attached hydrogen (secondary N) is 1. The van der Waals surface area contributed by atoms with Gasteiger partial charge >= 0.3 is 0 Å². The molecule has 1 N–H and O–H groups in total. The average molecular weight is 254 g/mol. The maximum Gasteiger partial charge on any atom is 0.292 e. The van der Waals surface area contributed by atoms with Crippen LogP contribution in [0.15, 0.2) is 18.2 Å². The summed E-state index contributed by atoms with van der Waals surface area (Å²) >= 11 is 0. The number of benzene rings is 1. The molecule has 18 heavy (non-hydrogen) atoms. The minimum Gasteiger partial charge on any atom is -0.382 e. The Morgan fingerprint density at radius 1 is 1.33 bits per heavy atom. The molecule has 6 heteroatoms. The van der Waals surface area contributed by atoms with Gasteiger partial charge in [-0.2, -0.15) is 0 Å². The second kappa shape index (κ2) is 7.62. The standard InChI is InChI=1S/C12H18N2O4/c1-10-3-4-12(14(15)16)11(9-10)13-5-6-18-8-7-17-2/h3-4,9,13H,5-8H2,1-2H3. The summed E-state index contributed by atoms with van der Waals surface area (Å²) in [5.41, 5.74) is 1.58. The lowest BCUT2D eigenvalue weighted by Gasteiger charge is -2.08. The molecule has 6 nitrogen and oxygen atoms in total. The first-order valence-corrected chi connectivity index (χ1v) is 5.70. The maximum atomic E-state index is 10.8. The van der Waals surface area contributed by atoms with Gasteiger partial charge in [0.25, 0.3) is 5.69 Å². The molecule has 0 heterocycles. The Morgan fingerprint density at radius 3 is 2.78 bits per heavy atom. The number of hydrogen-bond acceptors (Lipinski definition) is 5. The Hall–Kier alpha value is -1.66. The van der Waals surface area contributed by atoms with Crippen LogP contribution >= 0.6 is 0 Å². The number of hydrogen-bond donors (Lipinski definition) is 1. The van der Waals surface area contributed by atoms with Crippen LogP contribution < -0.4 is 5.32 Å². The number of aryl methyl sites for hydroxylation is 1.